The van der Waals surface area contributed by atoms with E-state index >= 15 is 0 Å². The zero-order valence-electron chi connectivity index (χ0n) is 15.7. The number of carbonyl (C=O) groups is 2. The van der Waals surface area contributed by atoms with Crippen molar-refractivity contribution in [2.24, 2.45) is 0 Å². The predicted octanol–water partition coefficient (Wildman–Crippen LogP) is 1.74. The third-order valence-corrected chi connectivity index (χ3v) is 4.42. The molecule has 9 heteroatoms. The van der Waals surface area contributed by atoms with E-state index in [-0.39, 0.29) is 24.3 Å². The Hall–Kier alpha value is -2.58. The molecule has 0 bridgehead atoms. The number of aromatic amines is 1. The highest BCUT2D eigenvalue weighted by molar-refractivity contribution is 5.94. The molecule has 152 valence electrons. The molecule has 0 radical (unpaired) electrons. The molecule has 3 rings (SSSR count). The number of nitrogens with one attached hydrogen (secondary N) is 3. The highest BCUT2D eigenvalue weighted by Crippen LogP contribution is 2.16. The number of amides is 1. The maximum absolute atomic E-state index is 12.4. The number of ether oxygens (including phenoxy) is 2. The van der Waals surface area contributed by atoms with Crippen LogP contribution in [0.2, 0.25) is 0 Å². The van der Waals surface area contributed by atoms with Crippen molar-refractivity contribution < 1.29 is 19.1 Å². The van der Waals surface area contributed by atoms with E-state index in [0.717, 1.165) is 35.5 Å². The van der Waals surface area contributed by atoms with Crippen LogP contribution in [0.15, 0.2) is 24.3 Å². The van der Waals surface area contributed by atoms with Gasteiger partial charge in [-0.25, -0.2) is 0 Å². The fourth-order valence-electron chi connectivity index (χ4n) is 2.89. The average Bonchev–Trinajstić information content (AvgIpc) is 3.14. The number of methoxy groups -OCH3 is 1. The van der Waals surface area contributed by atoms with Gasteiger partial charge in [0.05, 0.1) is 13.7 Å². The Morgan fingerprint density at radius 1 is 1.25 bits per heavy atom. The molecule has 1 aliphatic heterocycles. The molecule has 1 aliphatic rings. The van der Waals surface area contributed by atoms with Crippen molar-refractivity contribution in [1.29, 1.82) is 0 Å². The molecule has 0 atom stereocenters. The van der Waals surface area contributed by atoms with Gasteiger partial charge < -0.3 is 20.1 Å². The van der Waals surface area contributed by atoms with Gasteiger partial charge in [-0.15, -0.1) is 12.4 Å². The van der Waals surface area contributed by atoms with Crippen LogP contribution in [0.1, 0.15) is 40.2 Å². The van der Waals surface area contributed by atoms with E-state index in [1.54, 1.807) is 0 Å². The smallest absolute Gasteiger partial charge is 0.305 e. The maximum atomic E-state index is 12.4. The van der Waals surface area contributed by atoms with Gasteiger partial charge in [-0.2, -0.15) is 5.10 Å². The molecule has 28 heavy (non-hydrogen) atoms. The normalized spacial score (nSPS) is 12.5. The van der Waals surface area contributed by atoms with Crippen LogP contribution in [-0.2, 0) is 29.0 Å². The average molecular weight is 409 g/mol. The summed E-state index contributed by atoms with van der Waals surface area (Å²) in [6, 6.07) is 7.49. The Balaban J connectivity index is 0.00000280. The molecule has 0 unspecified atom stereocenters. The summed E-state index contributed by atoms with van der Waals surface area (Å²) in [5.74, 6) is 0.306. The first-order valence-electron chi connectivity index (χ1n) is 9.01. The van der Waals surface area contributed by atoms with Gasteiger partial charge in [0.1, 0.15) is 5.75 Å². The van der Waals surface area contributed by atoms with E-state index in [4.69, 9.17) is 4.74 Å². The molecular weight excluding hydrogens is 384 g/mol. The minimum atomic E-state index is -0.237. The lowest BCUT2D eigenvalue weighted by Gasteiger charge is -2.13. The van der Waals surface area contributed by atoms with Crippen molar-refractivity contribution in [3.05, 3.63) is 46.8 Å². The van der Waals surface area contributed by atoms with E-state index in [2.05, 4.69) is 25.6 Å². The van der Waals surface area contributed by atoms with Crippen molar-refractivity contribution in [1.82, 2.24) is 20.8 Å². The molecule has 8 nitrogen and oxygen atoms in total. The number of esters is 1. The molecule has 0 saturated carbocycles. The number of fused-ring (bicyclic) bond motifs is 1. The number of nitrogens with zero attached hydrogens (tertiary/aromatic N) is 1. The summed E-state index contributed by atoms with van der Waals surface area (Å²) in [5.41, 5.74) is 3.41. The summed E-state index contributed by atoms with van der Waals surface area (Å²) >= 11 is 0. The summed E-state index contributed by atoms with van der Waals surface area (Å²) < 4.78 is 10.2. The summed E-state index contributed by atoms with van der Waals surface area (Å²) in [7, 11) is 1.37. The SMILES string of the molecule is COC(=O)CCCOc1ccc(CNC(=O)c2n[nH]c3c2CNCC3)cc1.Cl. The first kappa shape index (κ1) is 21.7. The Morgan fingerprint density at radius 3 is 2.79 bits per heavy atom. The van der Waals surface area contributed by atoms with Crippen LogP contribution in [0.5, 0.6) is 5.75 Å². The van der Waals surface area contributed by atoms with E-state index in [0.29, 0.717) is 38.2 Å². The summed E-state index contributed by atoms with van der Waals surface area (Å²) in [4.78, 5) is 23.4. The highest BCUT2D eigenvalue weighted by Gasteiger charge is 2.21. The summed E-state index contributed by atoms with van der Waals surface area (Å²) in [6.07, 6.45) is 1.80. The van der Waals surface area contributed by atoms with E-state index in [1.165, 1.54) is 7.11 Å². The number of aromatic nitrogens is 2. The molecule has 0 saturated heterocycles. The number of H-pyrrole nitrogens is 1. The summed E-state index contributed by atoms with van der Waals surface area (Å²) in [6.45, 7) is 2.42. The predicted molar refractivity (Wildman–Crippen MR) is 106 cm³/mol. The minimum absolute atomic E-state index is 0. The molecule has 2 heterocycles. The van der Waals surface area contributed by atoms with E-state index < -0.39 is 0 Å². The molecule has 3 N–H and O–H groups in total. The lowest BCUT2D eigenvalue weighted by atomic mass is 10.1. The van der Waals surface area contributed by atoms with Gasteiger partial charge in [0, 0.05) is 43.7 Å². The van der Waals surface area contributed by atoms with Crippen molar-refractivity contribution in [3.63, 3.8) is 0 Å². The van der Waals surface area contributed by atoms with Crippen LogP contribution in [0.3, 0.4) is 0 Å². The second-order valence-electron chi connectivity index (χ2n) is 6.31. The number of rotatable bonds is 8. The van der Waals surface area contributed by atoms with Crippen LogP contribution < -0.4 is 15.4 Å². The largest absolute Gasteiger partial charge is 0.494 e. The van der Waals surface area contributed by atoms with Crippen LogP contribution >= 0.6 is 12.4 Å². The number of hydrogen-bond donors (Lipinski definition) is 3. The van der Waals surface area contributed by atoms with Gasteiger partial charge >= 0.3 is 5.97 Å². The second-order valence-corrected chi connectivity index (χ2v) is 6.31. The van der Waals surface area contributed by atoms with Gasteiger partial charge in [0.2, 0.25) is 0 Å². The quantitative estimate of drug-likeness (QED) is 0.454. The van der Waals surface area contributed by atoms with Crippen molar-refractivity contribution in [2.45, 2.75) is 32.4 Å². The van der Waals surface area contributed by atoms with E-state index in [9.17, 15) is 9.59 Å². The molecule has 1 aromatic heterocycles. The van der Waals surface area contributed by atoms with Crippen LogP contribution in [0.25, 0.3) is 0 Å². The van der Waals surface area contributed by atoms with Crippen molar-refractivity contribution in [3.8, 4) is 5.75 Å². The zero-order chi connectivity index (χ0) is 19.1. The van der Waals surface area contributed by atoms with Crippen LogP contribution in [0, 0.1) is 0 Å². The summed E-state index contributed by atoms with van der Waals surface area (Å²) in [5, 5.41) is 13.3. The topological polar surface area (TPSA) is 105 Å². The van der Waals surface area contributed by atoms with Gasteiger partial charge in [0.25, 0.3) is 5.91 Å². The minimum Gasteiger partial charge on any atom is -0.494 e. The molecule has 0 aliphatic carbocycles. The molecule has 0 fully saturated rings. The number of hydrogen-bond acceptors (Lipinski definition) is 6. The fourth-order valence-corrected chi connectivity index (χ4v) is 2.89. The van der Waals surface area contributed by atoms with E-state index in [1.807, 2.05) is 24.3 Å². The van der Waals surface area contributed by atoms with Gasteiger partial charge in [-0.05, 0) is 24.1 Å². The van der Waals surface area contributed by atoms with Gasteiger partial charge in [0.15, 0.2) is 5.69 Å². The number of carbonyl (C=O) groups excluding carboxylic acids is 2. The first-order valence-corrected chi connectivity index (χ1v) is 9.01. The third kappa shape index (κ3) is 5.71. The lowest BCUT2D eigenvalue weighted by Crippen LogP contribution is -2.28. The van der Waals surface area contributed by atoms with Crippen molar-refractivity contribution in [2.75, 3.05) is 20.3 Å². The third-order valence-electron chi connectivity index (χ3n) is 4.42. The Bertz CT molecular complexity index is 792. The lowest BCUT2D eigenvalue weighted by molar-refractivity contribution is -0.140. The molecule has 1 amide bonds. The molecule has 2 aromatic rings. The van der Waals surface area contributed by atoms with Gasteiger partial charge in [-0.3, -0.25) is 14.7 Å². The second kappa shape index (κ2) is 10.7. The van der Waals surface area contributed by atoms with Gasteiger partial charge in [-0.1, -0.05) is 12.1 Å². The Morgan fingerprint density at radius 2 is 2.04 bits per heavy atom. The highest BCUT2D eigenvalue weighted by atomic mass is 35.5. The van der Waals surface area contributed by atoms with Crippen molar-refractivity contribution >= 4 is 24.3 Å². The standard InChI is InChI=1S/C19H24N4O4.ClH/c1-26-17(24)3-2-10-27-14-6-4-13(5-7-14)11-21-19(25)18-15-12-20-9-8-16(15)22-23-18;/h4-7,20H,2-3,8-12H2,1H3,(H,21,25)(H,22,23);1H. The molecule has 1 aromatic carbocycles. The zero-order valence-corrected chi connectivity index (χ0v) is 16.6. The van der Waals surface area contributed by atoms with Crippen LogP contribution in [-0.4, -0.2) is 42.3 Å². The Labute approximate surface area is 169 Å². The van der Waals surface area contributed by atoms with Crippen LogP contribution in [0.4, 0.5) is 0 Å². The number of halogens is 1. The fraction of sp³-hybridized carbons (Fsp3) is 0.421. The first-order chi connectivity index (χ1) is 13.2. The maximum Gasteiger partial charge on any atom is 0.305 e. The number of benzene rings is 1. The Kier molecular flexibility index (Phi) is 8.28. The molecule has 0 spiro atoms. The monoisotopic (exact) mass is 408 g/mol. The molecular formula is C19H25ClN4O4.